The Bertz CT molecular complexity index is 181. The summed E-state index contributed by atoms with van der Waals surface area (Å²) in [5.74, 6) is 0. The standard InChI is InChI=1S/C11H22O5/c1-12-7-6-8(13-2)10(15-4)11(16-5)9(7)14-3/h7-11H,6H2,1-5H3/t7-,8?,9-,10-,11?/m1/s1. The van der Waals surface area contributed by atoms with Crippen LogP contribution in [0, 0.1) is 0 Å². The minimum atomic E-state index is -0.182. The molecule has 1 aliphatic rings. The van der Waals surface area contributed by atoms with Gasteiger partial charge < -0.3 is 23.7 Å². The van der Waals surface area contributed by atoms with Gasteiger partial charge in [-0.3, -0.25) is 0 Å². The quantitative estimate of drug-likeness (QED) is 0.692. The van der Waals surface area contributed by atoms with Crippen LogP contribution in [0.3, 0.4) is 0 Å². The fourth-order valence-electron chi connectivity index (χ4n) is 2.41. The molecule has 0 heterocycles. The minimum Gasteiger partial charge on any atom is -0.379 e. The Balaban J connectivity index is 2.85. The molecule has 2 unspecified atom stereocenters. The fourth-order valence-corrected chi connectivity index (χ4v) is 2.41. The molecular formula is C11H22O5. The molecule has 0 bridgehead atoms. The summed E-state index contributed by atoms with van der Waals surface area (Å²) < 4.78 is 27.1. The van der Waals surface area contributed by atoms with E-state index in [0.29, 0.717) is 0 Å². The van der Waals surface area contributed by atoms with Crippen LogP contribution in [-0.2, 0) is 23.7 Å². The molecular weight excluding hydrogens is 212 g/mol. The van der Waals surface area contributed by atoms with E-state index in [9.17, 15) is 0 Å². The van der Waals surface area contributed by atoms with E-state index in [1.165, 1.54) is 0 Å². The second kappa shape index (κ2) is 6.51. The van der Waals surface area contributed by atoms with Crippen molar-refractivity contribution < 1.29 is 23.7 Å². The van der Waals surface area contributed by atoms with E-state index in [4.69, 9.17) is 23.7 Å². The second-order valence-corrected chi connectivity index (χ2v) is 3.88. The molecule has 1 rings (SSSR count). The summed E-state index contributed by atoms with van der Waals surface area (Å²) in [5.41, 5.74) is 0. The monoisotopic (exact) mass is 234 g/mol. The van der Waals surface area contributed by atoms with E-state index < -0.39 is 0 Å². The Morgan fingerprint density at radius 2 is 0.938 bits per heavy atom. The molecule has 0 spiro atoms. The van der Waals surface area contributed by atoms with Crippen molar-refractivity contribution in [1.29, 1.82) is 0 Å². The average Bonchev–Trinajstić information content (AvgIpc) is 2.35. The largest absolute Gasteiger partial charge is 0.379 e. The predicted octanol–water partition coefficient (Wildman–Crippen LogP) is 0.465. The molecule has 0 radical (unpaired) electrons. The molecule has 0 aromatic carbocycles. The lowest BCUT2D eigenvalue weighted by Gasteiger charge is -2.43. The van der Waals surface area contributed by atoms with E-state index in [2.05, 4.69) is 0 Å². The Hall–Kier alpha value is -0.200. The molecule has 5 nitrogen and oxygen atoms in total. The van der Waals surface area contributed by atoms with Crippen molar-refractivity contribution in [1.82, 2.24) is 0 Å². The molecule has 0 aromatic heterocycles. The van der Waals surface area contributed by atoms with Gasteiger partial charge >= 0.3 is 0 Å². The summed E-state index contributed by atoms with van der Waals surface area (Å²) in [6.45, 7) is 0. The first-order valence-corrected chi connectivity index (χ1v) is 5.37. The molecule has 1 fully saturated rings. The lowest BCUT2D eigenvalue weighted by molar-refractivity contribution is -0.213. The Labute approximate surface area is 97.0 Å². The molecule has 5 heteroatoms. The Kier molecular flexibility index (Phi) is 5.64. The topological polar surface area (TPSA) is 46.2 Å². The summed E-state index contributed by atoms with van der Waals surface area (Å²) in [6, 6.07) is 0. The average molecular weight is 234 g/mol. The molecule has 0 saturated heterocycles. The van der Waals surface area contributed by atoms with E-state index in [1.54, 1.807) is 35.5 Å². The number of hydrogen-bond acceptors (Lipinski definition) is 5. The third kappa shape index (κ3) is 2.55. The van der Waals surface area contributed by atoms with Crippen LogP contribution in [0.5, 0.6) is 0 Å². The first-order valence-electron chi connectivity index (χ1n) is 5.37. The smallest absolute Gasteiger partial charge is 0.114 e. The fraction of sp³-hybridized carbons (Fsp3) is 1.00. The number of rotatable bonds is 5. The number of methoxy groups -OCH3 is 5. The maximum atomic E-state index is 5.45. The van der Waals surface area contributed by atoms with Crippen LogP contribution in [0.2, 0.25) is 0 Å². The van der Waals surface area contributed by atoms with Gasteiger partial charge in [-0.05, 0) is 0 Å². The number of ether oxygens (including phenoxy) is 5. The van der Waals surface area contributed by atoms with Gasteiger partial charge in [0.25, 0.3) is 0 Å². The van der Waals surface area contributed by atoms with E-state index in [0.717, 1.165) is 6.42 Å². The lowest BCUT2D eigenvalue weighted by atomic mass is 9.86. The predicted molar refractivity (Wildman–Crippen MR) is 58.6 cm³/mol. The van der Waals surface area contributed by atoms with Gasteiger partial charge in [0.05, 0.1) is 12.2 Å². The Morgan fingerprint density at radius 3 is 1.19 bits per heavy atom. The zero-order chi connectivity index (χ0) is 12.1. The molecule has 5 atom stereocenters. The Morgan fingerprint density at radius 1 is 0.562 bits per heavy atom. The summed E-state index contributed by atoms with van der Waals surface area (Å²) in [4.78, 5) is 0. The second-order valence-electron chi connectivity index (χ2n) is 3.88. The van der Waals surface area contributed by atoms with Crippen LogP contribution in [0.1, 0.15) is 6.42 Å². The molecule has 0 N–H and O–H groups in total. The van der Waals surface area contributed by atoms with Crippen molar-refractivity contribution in [2.75, 3.05) is 35.5 Å². The maximum absolute atomic E-state index is 5.45. The van der Waals surface area contributed by atoms with E-state index in [-0.39, 0.29) is 30.5 Å². The van der Waals surface area contributed by atoms with Crippen LogP contribution < -0.4 is 0 Å². The van der Waals surface area contributed by atoms with E-state index in [1.807, 2.05) is 0 Å². The third-order valence-corrected chi connectivity index (χ3v) is 3.27. The molecule has 0 aromatic rings. The normalized spacial score (nSPS) is 39.9. The van der Waals surface area contributed by atoms with Crippen molar-refractivity contribution in [2.45, 2.75) is 36.9 Å². The summed E-state index contributed by atoms with van der Waals surface area (Å²) in [5, 5.41) is 0. The van der Waals surface area contributed by atoms with Gasteiger partial charge in [0.1, 0.15) is 18.3 Å². The van der Waals surface area contributed by atoms with Crippen LogP contribution >= 0.6 is 0 Å². The molecule has 1 aliphatic carbocycles. The molecule has 0 amide bonds. The van der Waals surface area contributed by atoms with Gasteiger partial charge in [0, 0.05) is 42.0 Å². The first-order chi connectivity index (χ1) is 7.73. The van der Waals surface area contributed by atoms with Gasteiger partial charge in [0.2, 0.25) is 0 Å². The molecule has 1 saturated carbocycles. The first kappa shape index (κ1) is 13.9. The van der Waals surface area contributed by atoms with Gasteiger partial charge in [-0.1, -0.05) is 0 Å². The van der Waals surface area contributed by atoms with Crippen molar-refractivity contribution in [3.8, 4) is 0 Å². The zero-order valence-corrected chi connectivity index (χ0v) is 10.6. The lowest BCUT2D eigenvalue weighted by Crippen LogP contribution is -2.58. The number of hydrogen-bond donors (Lipinski definition) is 0. The maximum Gasteiger partial charge on any atom is 0.114 e. The highest BCUT2D eigenvalue weighted by Crippen LogP contribution is 2.29. The van der Waals surface area contributed by atoms with Crippen LogP contribution in [0.15, 0.2) is 0 Å². The van der Waals surface area contributed by atoms with Gasteiger partial charge in [-0.25, -0.2) is 0 Å². The SMILES string of the molecule is COC1C[C@@H](OC)[C@@H](OC)C(OC)[C@@H]1OC. The molecule has 16 heavy (non-hydrogen) atoms. The van der Waals surface area contributed by atoms with Crippen molar-refractivity contribution >= 4 is 0 Å². The zero-order valence-electron chi connectivity index (χ0n) is 10.6. The van der Waals surface area contributed by atoms with Crippen molar-refractivity contribution in [2.24, 2.45) is 0 Å². The molecule has 0 aliphatic heterocycles. The molecule has 96 valence electrons. The van der Waals surface area contributed by atoms with Crippen LogP contribution in [0.25, 0.3) is 0 Å². The highest BCUT2D eigenvalue weighted by molar-refractivity contribution is 4.96. The van der Waals surface area contributed by atoms with Gasteiger partial charge in [0.15, 0.2) is 0 Å². The summed E-state index contributed by atoms with van der Waals surface area (Å²) >= 11 is 0. The minimum absolute atomic E-state index is 0.0358. The van der Waals surface area contributed by atoms with E-state index >= 15 is 0 Å². The van der Waals surface area contributed by atoms with Crippen LogP contribution in [0.4, 0.5) is 0 Å². The summed E-state index contributed by atoms with van der Waals surface area (Å²) in [7, 11) is 8.30. The highest BCUT2D eigenvalue weighted by atomic mass is 16.6. The third-order valence-electron chi connectivity index (χ3n) is 3.27. The highest BCUT2D eigenvalue weighted by Gasteiger charge is 2.46. The van der Waals surface area contributed by atoms with Gasteiger partial charge in [-0.15, -0.1) is 0 Å². The van der Waals surface area contributed by atoms with Crippen molar-refractivity contribution in [3.63, 3.8) is 0 Å². The summed E-state index contributed by atoms with van der Waals surface area (Å²) in [6.07, 6.45) is 0.220. The van der Waals surface area contributed by atoms with Crippen molar-refractivity contribution in [3.05, 3.63) is 0 Å². The van der Waals surface area contributed by atoms with Gasteiger partial charge in [-0.2, -0.15) is 0 Å². The van der Waals surface area contributed by atoms with Crippen LogP contribution in [-0.4, -0.2) is 66.1 Å².